The van der Waals surface area contributed by atoms with Crippen molar-refractivity contribution >= 4 is 23.5 Å². The van der Waals surface area contributed by atoms with Crippen molar-refractivity contribution in [1.29, 1.82) is 0 Å². The third-order valence-corrected chi connectivity index (χ3v) is 4.81. The number of ketones is 1. The molecule has 0 spiro atoms. The third-order valence-electron chi connectivity index (χ3n) is 4.81. The molecule has 3 N–H and O–H groups in total. The van der Waals surface area contributed by atoms with Crippen LogP contribution in [0.3, 0.4) is 0 Å². The summed E-state index contributed by atoms with van der Waals surface area (Å²) >= 11 is 0. The summed E-state index contributed by atoms with van der Waals surface area (Å²) < 4.78 is 11.4. The second kappa shape index (κ2) is 10.3. The second-order valence-corrected chi connectivity index (χ2v) is 7.25. The second-order valence-electron chi connectivity index (χ2n) is 7.25. The number of benzene rings is 1. The highest BCUT2D eigenvalue weighted by Crippen LogP contribution is 2.28. The monoisotopic (exact) mass is 445 g/mol. The maximum Gasteiger partial charge on any atom is 0.351 e. The quantitative estimate of drug-likeness (QED) is 0.477. The van der Waals surface area contributed by atoms with Gasteiger partial charge in [0.25, 0.3) is 5.91 Å². The van der Waals surface area contributed by atoms with Crippen LogP contribution in [-0.2, 0) is 19.1 Å². The Hall–Kier alpha value is -3.41. The standard InChI is InChI=1S/C21H23N3O8/c1-12(25)7-8-16(26)31-11-14-17(27)18(28)20(32-14)24-10-9-15(23-21(24)30)22-19(29)13-5-3-2-4-6-13/h2-6,9-10,14,17-18,20,27-28H,7-8,11H2,1H3,(H,22,23,29,30)/t14-,17-,18-,20-/m0/s1. The number of nitrogens with zero attached hydrogens (tertiary/aromatic N) is 2. The first-order valence-electron chi connectivity index (χ1n) is 9.88. The van der Waals surface area contributed by atoms with E-state index in [1.807, 2.05) is 0 Å². The van der Waals surface area contributed by atoms with E-state index < -0.39 is 42.1 Å². The van der Waals surface area contributed by atoms with Gasteiger partial charge >= 0.3 is 11.7 Å². The fourth-order valence-electron chi connectivity index (χ4n) is 3.08. The van der Waals surface area contributed by atoms with Crippen molar-refractivity contribution in [1.82, 2.24) is 9.55 Å². The van der Waals surface area contributed by atoms with E-state index in [0.717, 1.165) is 4.57 Å². The van der Waals surface area contributed by atoms with Gasteiger partial charge in [-0.15, -0.1) is 0 Å². The average Bonchev–Trinajstić information content (AvgIpc) is 3.05. The molecule has 1 aromatic carbocycles. The van der Waals surface area contributed by atoms with Gasteiger partial charge in [-0.1, -0.05) is 18.2 Å². The van der Waals surface area contributed by atoms with Crippen molar-refractivity contribution in [2.24, 2.45) is 0 Å². The molecule has 1 aromatic heterocycles. The zero-order valence-corrected chi connectivity index (χ0v) is 17.2. The Labute approximate surface area is 182 Å². The number of ether oxygens (including phenoxy) is 2. The highest BCUT2D eigenvalue weighted by atomic mass is 16.6. The number of Topliss-reactive ketones (excluding diaryl/α,β-unsaturated/α-hetero) is 1. The molecule has 2 heterocycles. The van der Waals surface area contributed by atoms with Crippen LogP contribution in [0.25, 0.3) is 0 Å². The number of esters is 1. The van der Waals surface area contributed by atoms with Gasteiger partial charge in [0, 0.05) is 18.2 Å². The van der Waals surface area contributed by atoms with Crippen LogP contribution in [0, 0.1) is 0 Å². The highest BCUT2D eigenvalue weighted by Gasteiger charge is 2.44. The maximum atomic E-state index is 12.4. The Balaban J connectivity index is 1.63. The van der Waals surface area contributed by atoms with Crippen molar-refractivity contribution < 1.29 is 34.1 Å². The molecule has 11 nitrogen and oxygen atoms in total. The number of aromatic nitrogens is 2. The lowest BCUT2D eigenvalue weighted by Gasteiger charge is -2.17. The van der Waals surface area contributed by atoms with E-state index in [1.54, 1.807) is 30.3 Å². The van der Waals surface area contributed by atoms with Crippen LogP contribution < -0.4 is 11.0 Å². The molecule has 0 radical (unpaired) electrons. The molecule has 3 rings (SSSR count). The van der Waals surface area contributed by atoms with Gasteiger partial charge in [-0.2, -0.15) is 4.98 Å². The van der Waals surface area contributed by atoms with E-state index in [9.17, 15) is 29.4 Å². The molecule has 2 aromatic rings. The van der Waals surface area contributed by atoms with E-state index in [2.05, 4.69) is 10.3 Å². The van der Waals surface area contributed by atoms with Crippen molar-refractivity contribution in [3.63, 3.8) is 0 Å². The minimum atomic E-state index is -1.49. The number of aliphatic hydroxyl groups is 2. The van der Waals surface area contributed by atoms with E-state index in [0.29, 0.717) is 5.56 Å². The lowest BCUT2D eigenvalue weighted by atomic mass is 10.1. The van der Waals surface area contributed by atoms with Gasteiger partial charge < -0.3 is 29.8 Å². The Bertz CT molecular complexity index is 1040. The summed E-state index contributed by atoms with van der Waals surface area (Å²) in [4.78, 5) is 51.0. The maximum absolute atomic E-state index is 12.4. The minimum Gasteiger partial charge on any atom is -0.463 e. The molecular weight excluding hydrogens is 422 g/mol. The topological polar surface area (TPSA) is 157 Å². The molecule has 170 valence electrons. The lowest BCUT2D eigenvalue weighted by Crippen LogP contribution is -2.36. The predicted molar refractivity (Wildman–Crippen MR) is 110 cm³/mol. The number of amides is 1. The zero-order chi connectivity index (χ0) is 23.3. The molecular formula is C21H23N3O8. The van der Waals surface area contributed by atoms with Crippen LogP contribution >= 0.6 is 0 Å². The summed E-state index contributed by atoms with van der Waals surface area (Å²) in [6.45, 7) is 0.987. The molecule has 1 saturated heterocycles. The zero-order valence-electron chi connectivity index (χ0n) is 17.2. The number of anilines is 1. The van der Waals surface area contributed by atoms with Crippen molar-refractivity contribution in [2.75, 3.05) is 11.9 Å². The highest BCUT2D eigenvalue weighted by molar-refractivity contribution is 6.03. The first-order chi connectivity index (χ1) is 15.3. The molecule has 32 heavy (non-hydrogen) atoms. The van der Waals surface area contributed by atoms with Crippen molar-refractivity contribution in [3.05, 3.63) is 58.6 Å². The number of carbonyl (C=O) groups is 3. The number of carbonyl (C=O) groups excluding carboxylic acids is 3. The van der Waals surface area contributed by atoms with E-state index >= 15 is 0 Å². The summed E-state index contributed by atoms with van der Waals surface area (Å²) in [7, 11) is 0. The molecule has 0 unspecified atom stereocenters. The summed E-state index contributed by atoms with van der Waals surface area (Å²) in [6.07, 6.45) is -4.08. The summed E-state index contributed by atoms with van der Waals surface area (Å²) in [5.74, 6) is -1.25. The fraction of sp³-hybridized carbons (Fsp3) is 0.381. The average molecular weight is 445 g/mol. The molecule has 1 amide bonds. The van der Waals surface area contributed by atoms with Crippen LogP contribution in [0.1, 0.15) is 36.4 Å². The third kappa shape index (κ3) is 5.63. The molecule has 0 aliphatic carbocycles. The molecule has 1 aliphatic heterocycles. The lowest BCUT2D eigenvalue weighted by molar-refractivity contribution is -0.151. The van der Waals surface area contributed by atoms with Gasteiger partial charge in [-0.3, -0.25) is 14.2 Å². The molecule has 0 bridgehead atoms. The van der Waals surface area contributed by atoms with Gasteiger partial charge in [0.05, 0.1) is 6.42 Å². The van der Waals surface area contributed by atoms with E-state index in [1.165, 1.54) is 19.2 Å². The molecule has 4 atom stereocenters. The summed E-state index contributed by atoms with van der Waals surface area (Å²) in [5.41, 5.74) is -0.442. The molecule has 1 fully saturated rings. The predicted octanol–water partition coefficient (Wildman–Crippen LogP) is 0.0272. The van der Waals surface area contributed by atoms with Gasteiger partial charge in [0.1, 0.15) is 36.5 Å². The number of hydrogen-bond acceptors (Lipinski definition) is 9. The van der Waals surface area contributed by atoms with Crippen LogP contribution in [0.2, 0.25) is 0 Å². The molecule has 0 saturated carbocycles. The SMILES string of the molecule is CC(=O)CCC(=O)OC[C@@H]1O[C@H](n2ccc(NC(=O)c3ccccc3)nc2=O)[C@@H](O)[C@H]1O. The largest absolute Gasteiger partial charge is 0.463 e. The van der Waals surface area contributed by atoms with Crippen molar-refractivity contribution in [2.45, 2.75) is 44.3 Å². The van der Waals surface area contributed by atoms with Gasteiger partial charge in [-0.25, -0.2) is 4.79 Å². The smallest absolute Gasteiger partial charge is 0.351 e. The summed E-state index contributed by atoms with van der Waals surface area (Å²) in [6, 6.07) is 9.71. The van der Waals surface area contributed by atoms with E-state index in [-0.39, 0.29) is 31.0 Å². The Morgan fingerprint density at radius 2 is 1.84 bits per heavy atom. The first kappa shape index (κ1) is 23.3. The summed E-state index contributed by atoms with van der Waals surface area (Å²) in [5, 5.41) is 23.0. The van der Waals surface area contributed by atoms with Crippen LogP contribution in [0.5, 0.6) is 0 Å². The number of hydrogen-bond donors (Lipinski definition) is 3. The van der Waals surface area contributed by atoms with Crippen molar-refractivity contribution in [3.8, 4) is 0 Å². The molecule has 1 aliphatic rings. The van der Waals surface area contributed by atoms with Crippen LogP contribution in [0.4, 0.5) is 5.82 Å². The van der Waals surface area contributed by atoms with Crippen LogP contribution in [0.15, 0.2) is 47.4 Å². The van der Waals surface area contributed by atoms with Crippen LogP contribution in [-0.4, -0.2) is 62.3 Å². The van der Waals surface area contributed by atoms with Gasteiger partial charge in [0.2, 0.25) is 0 Å². The number of nitrogens with one attached hydrogen (secondary N) is 1. The Morgan fingerprint density at radius 3 is 2.50 bits per heavy atom. The minimum absolute atomic E-state index is 0.00379. The normalized spacial score (nSPS) is 22.3. The Morgan fingerprint density at radius 1 is 1.12 bits per heavy atom. The fourth-order valence-corrected chi connectivity index (χ4v) is 3.08. The van der Waals surface area contributed by atoms with Gasteiger partial charge in [-0.05, 0) is 25.1 Å². The van der Waals surface area contributed by atoms with E-state index in [4.69, 9.17) is 9.47 Å². The number of aliphatic hydroxyl groups excluding tert-OH is 2. The first-order valence-corrected chi connectivity index (χ1v) is 9.88. The van der Waals surface area contributed by atoms with Gasteiger partial charge in [0.15, 0.2) is 6.23 Å². The molecule has 11 heteroatoms. The number of rotatable bonds is 8. The Kier molecular flexibility index (Phi) is 7.46.